The number of amides is 1. The summed E-state index contributed by atoms with van der Waals surface area (Å²) in [4.78, 5) is 17.5. The molecule has 1 saturated heterocycles. The van der Waals surface area contributed by atoms with Crippen LogP contribution in [0.4, 0.5) is 5.95 Å². The molecular weight excluding hydrogens is 314 g/mol. The van der Waals surface area contributed by atoms with E-state index >= 15 is 0 Å². The third-order valence-electron chi connectivity index (χ3n) is 5.51. The summed E-state index contributed by atoms with van der Waals surface area (Å²) in [5, 5.41) is 3.12. The highest BCUT2D eigenvalue weighted by Gasteiger charge is 2.48. The van der Waals surface area contributed by atoms with Gasteiger partial charge in [-0.05, 0) is 64.0 Å². The van der Waals surface area contributed by atoms with Crippen molar-refractivity contribution >= 4 is 22.9 Å². The molecule has 5 nitrogen and oxygen atoms in total. The number of para-hydroxylation sites is 2. The minimum atomic E-state index is -0.150. The molecule has 1 aromatic carbocycles. The lowest BCUT2D eigenvalue weighted by Gasteiger charge is -2.25. The third-order valence-corrected chi connectivity index (χ3v) is 5.51. The molecular formula is C20H27N3O2. The van der Waals surface area contributed by atoms with Gasteiger partial charge in [0.15, 0.2) is 0 Å². The number of aromatic nitrogens is 2. The van der Waals surface area contributed by atoms with Crippen LogP contribution in [0.2, 0.25) is 0 Å². The van der Waals surface area contributed by atoms with Crippen LogP contribution in [0, 0.1) is 17.8 Å². The summed E-state index contributed by atoms with van der Waals surface area (Å²) in [6.45, 7) is 8.10. The molecule has 1 amide bonds. The maximum Gasteiger partial charge on any atom is 0.230 e. The van der Waals surface area contributed by atoms with Crippen LogP contribution in [0.25, 0.3) is 11.0 Å². The van der Waals surface area contributed by atoms with Gasteiger partial charge in [-0.2, -0.15) is 0 Å². The molecule has 1 aromatic heterocycles. The lowest BCUT2D eigenvalue weighted by atomic mass is 9.93. The topological polar surface area (TPSA) is 56.2 Å². The van der Waals surface area contributed by atoms with Crippen molar-refractivity contribution in [2.24, 2.45) is 17.8 Å². The van der Waals surface area contributed by atoms with E-state index in [1.165, 1.54) is 0 Å². The van der Waals surface area contributed by atoms with Crippen molar-refractivity contribution in [1.29, 1.82) is 0 Å². The van der Waals surface area contributed by atoms with Gasteiger partial charge in [0.2, 0.25) is 11.9 Å². The highest BCUT2D eigenvalue weighted by atomic mass is 16.5. The quantitative estimate of drug-likeness (QED) is 0.924. The first-order valence-electron chi connectivity index (χ1n) is 9.32. The molecule has 2 heterocycles. The number of carbonyl (C=O) groups is 1. The molecule has 134 valence electrons. The molecule has 0 spiro atoms. The smallest absolute Gasteiger partial charge is 0.230 e. The number of anilines is 1. The monoisotopic (exact) mass is 341 g/mol. The second-order valence-corrected chi connectivity index (χ2v) is 8.38. The molecule has 1 N–H and O–H groups in total. The highest BCUT2D eigenvalue weighted by molar-refractivity contribution is 5.95. The van der Waals surface area contributed by atoms with Crippen molar-refractivity contribution in [1.82, 2.24) is 9.55 Å². The van der Waals surface area contributed by atoms with Gasteiger partial charge >= 0.3 is 0 Å². The summed E-state index contributed by atoms with van der Waals surface area (Å²) in [5.41, 5.74) is 1.83. The Bertz CT molecular complexity index is 784. The Labute approximate surface area is 148 Å². The lowest BCUT2D eigenvalue weighted by Crippen LogP contribution is -2.27. The fraction of sp³-hybridized carbons (Fsp3) is 0.600. The Morgan fingerprint density at radius 1 is 1.24 bits per heavy atom. The minimum absolute atomic E-state index is 0.122. The second-order valence-electron chi connectivity index (χ2n) is 8.38. The van der Waals surface area contributed by atoms with Crippen molar-refractivity contribution in [2.75, 3.05) is 18.5 Å². The van der Waals surface area contributed by atoms with Crippen molar-refractivity contribution in [3.05, 3.63) is 24.3 Å². The number of fused-ring (bicyclic) bond motifs is 1. The number of nitrogens with zero attached hydrogens (tertiary/aromatic N) is 2. The van der Waals surface area contributed by atoms with E-state index in [0.717, 1.165) is 43.5 Å². The molecule has 5 heteroatoms. The van der Waals surface area contributed by atoms with Crippen LogP contribution in [0.15, 0.2) is 24.3 Å². The van der Waals surface area contributed by atoms with Crippen LogP contribution >= 0.6 is 0 Å². The highest BCUT2D eigenvalue weighted by Crippen LogP contribution is 2.48. The Hall–Kier alpha value is -1.88. The Morgan fingerprint density at radius 3 is 2.68 bits per heavy atom. The molecule has 2 aromatic rings. The minimum Gasteiger partial charge on any atom is -0.381 e. The number of carbonyl (C=O) groups excluding carboxylic acids is 1. The SMILES string of the molecule is CC(C)(C)n1c(NC(=O)[C@@H]2C[C@H]2C2CCOCC2)nc2ccccc21. The van der Waals surface area contributed by atoms with Crippen LogP contribution in [0.5, 0.6) is 0 Å². The van der Waals surface area contributed by atoms with Gasteiger partial charge in [0.1, 0.15) is 0 Å². The summed E-state index contributed by atoms with van der Waals surface area (Å²) in [5.74, 6) is 2.09. The number of benzene rings is 1. The molecule has 0 radical (unpaired) electrons. The molecule has 1 aliphatic carbocycles. The zero-order valence-corrected chi connectivity index (χ0v) is 15.3. The maximum atomic E-state index is 12.8. The first-order chi connectivity index (χ1) is 11.9. The molecule has 0 unspecified atom stereocenters. The Kier molecular flexibility index (Phi) is 4.07. The van der Waals surface area contributed by atoms with Crippen LogP contribution in [-0.2, 0) is 15.1 Å². The van der Waals surface area contributed by atoms with E-state index < -0.39 is 0 Å². The summed E-state index contributed by atoms with van der Waals surface area (Å²) < 4.78 is 7.57. The van der Waals surface area contributed by atoms with Gasteiger partial charge in [-0.15, -0.1) is 0 Å². The van der Waals surface area contributed by atoms with E-state index in [1.54, 1.807) is 0 Å². The van der Waals surface area contributed by atoms with E-state index in [2.05, 4.69) is 41.7 Å². The van der Waals surface area contributed by atoms with Crippen molar-refractivity contribution < 1.29 is 9.53 Å². The molecule has 0 bridgehead atoms. The van der Waals surface area contributed by atoms with Crippen LogP contribution in [-0.4, -0.2) is 28.7 Å². The molecule has 4 rings (SSSR count). The van der Waals surface area contributed by atoms with E-state index in [1.807, 2.05) is 18.2 Å². The van der Waals surface area contributed by atoms with Crippen molar-refractivity contribution in [3.63, 3.8) is 0 Å². The molecule has 1 aliphatic heterocycles. The largest absolute Gasteiger partial charge is 0.381 e. The summed E-state index contributed by atoms with van der Waals surface area (Å²) in [7, 11) is 0. The average molecular weight is 341 g/mol. The second kappa shape index (κ2) is 6.13. The number of imidazole rings is 1. The first kappa shape index (κ1) is 16.6. The van der Waals surface area contributed by atoms with Gasteiger partial charge < -0.3 is 9.30 Å². The zero-order chi connectivity index (χ0) is 17.6. The summed E-state index contributed by atoms with van der Waals surface area (Å²) in [6.07, 6.45) is 3.19. The fourth-order valence-electron chi connectivity index (χ4n) is 4.17. The number of rotatable bonds is 3. The molecule has 25 heavy (non-hydrogen) atoms. The van der Waals surface area contributed by atoms with Gasteiger partial charge in [-0.3, -0.25) is 10.1 Å². The Morgan fingerprint density at radius 2 is 1.96 bits per heavy atom. The number of ether oxygens (including phenoxy) is 1. The van der Waals surface area contributed by atoms with E-state index in [0.29, 0.717) is 17.8 Å². The zero-order valence-electron chi connectivity index (χ0n) is 15.3. The van der Waals surface area contributed by atoms with Gasteiger partial charge in [-0.1, -0.05) is 12.1 Å². The van der Waals surface area contributed by atoms with Crippen LogP contribution in [0.3, 0.4) is 0 Å². The first-order valence-corrected chi connectivity index (χ1v) is 9.32. The molecule has 2 fully saturated rings. The van der Waals surface area contributed by atoms with Gasteiger partial charge in [-0.25, -0.2) is 4.98 Å². The number of nitrogens with one attached hydrogen (secondary N) is 1. The van der Waals surface area contributed by atoms with Crippen molar-refractivity contribution in [3.8, 4) is 0 Å². The standard InChI is InChI=1S/C20H27N3O2/c1-20(2,3)23-17-7-5-4-6-16(17)21-19(23)22-18(24)15-12-14(15)13-8-10-25-11-9-13/h4-7,13-15H,8-12H2,1-3H3,(H,21,22,24)/t14-,15+/m0/s1. The van der Waals surface area contributed by atoms with Crippen LogP contribution < -0.4 is 5.32 Å². The van der Waals surface area contributed by atoms with Crippen LogP contribution in [0.1, 0.15) is 40.0 Å². The Balaban J connectivity index is 1.54. The predicted octanol–water partition coefficient (Wildman–Crippen LogP) is 3.79. The van der Waals surface area contributed by atoms with Crippen molar-refractivity contribution in [2.45, 2.75) is 45.6 Å². The van der Waals surface area contributed by atoms with E-state index in [9.17, 15) is 4.79 Å². The normalized spacial score (nSPS) is 24.4. The molecule has 2 atom stereocenters. The number of hydrogen-bond donors (Lipinski definition) is 1. The fourth-order valence-corrected chi connectivity index (χ4v) is 4.17. The lowest BCUT2D eigenvalue weighted by molar-refractivity contribution is -0.118. The van der Waals surface area contributed by atoms with Gasteiger partial charge in [0.05, 0.1) is 11.0 Å². The third kappa shape index (κ3) is 3.17. The average Bonchev–Trinajstić information content (AvgIpc) is 3.29. The van der Waals surface area contributed by atoms with E-state index in [4.69, 9.17) is 4.74 Å². The molecule has 2 aliphatic rings. The van der Waals surface area contributed by atoms with Gasteiger partial charge in [0.25, 0.3) is 0 Å². The van der Waals surface area contributed by atoms with E-state index in [-0.39, 0.29) is 17.4 Å². The molecule has 1 saturated carbocycles. The summed E-state index contributed by atoms with van der Waals surface area (Å²) >= 11 is 0. The maximum absolute atomic E-state index is 12.8. The number of hydrogen-bond acceptors (Lipinski definition) is 3. The predicted molar refractivity (Wildman–Crippen MR) is 98.5 cm³/mol. The van der Waals surface area contributed by atoms with Gasteiger partial charge in [0, 0.05) is 24.7 Å². The summed E-state index contributed by atoms with van der Waals surface area (Å²) in [6, 6.07) is 8.05.